The van der Waals surface area contributed by atoms with Crippen LogP contribution in [0.1, 0.15) is 89.2 Å². The van der Waals surface area contributed by atoms with Crippen LogP contribution in [0.5, 0.6) is 0 Å². The van der Waals surface area contributed by atoms with Gasteiger partial charge in [0.25, 0.3) is 0 Å². The molecule has 3 atom stereocenters. The first-order valence-corrected chi connectivity index (χ1v) is 8.89. The van der Waals surface area contributed by atoms with Crippen LogP contribution in [0.25, 0.3) is 0 Å². The summed E-state index contributed by atoms with van der Waals surface area (Å²) in [7, 11) is 0. The quantitative estimate of drug-likeness (QED) is 0.502. The lowest BCUT2D eigenvalue weighted by Gasteiger charge is -2.23. The minimum absolute atomic E-state index is 0.653. The zero-order chi connectivity index (χ0) is 15.2. The van der Waals surface area contributed by atoms with E-state index in [4.69, 9.17) is 0 Å². The first kappa shape index (κ1) is 16.3. The zero-order valence-corrected chi connectivity index (χ0v) is 14.4. The highest BCUT2D eigenvalue weighted by Gasteiger charge is 2.16. The van der Waals surface area contributed by atoms with Gasteiger partial charge in [-0.15, -0.1) is 0 Å². The molecule has 0 aliphatic heterocycles. The molecule has 1 aromatic carbocycles. The van der Waals surface area contributed by atoms with Crippen LogP contribution in [0.2, 0.25) is 0 Å². The van der Waals surface area contributed by atoms with Crippen LogP contribution in [0.4, 0.5) is 0 Å². The Bertz CT molecular complexity index is 451. The first-order chi connectivity index (χ1) is 10.1. The maximum absolute atomic E-state index is 2.48. The van der Waals surface area contributed by atoms with Crippen molar-refractivity contribution in [1.82, 2.24) is 0 Å². The lowest BCUT2D eigenvalue weighted by molar-refractivity contribution is 0.436. The first-order valence-electron chi connectivity index (χ1n) is 8.89. The second-order valence-corrected chi connectivity index (χ2v) is 7.09. The largest absolute Gasteiger partial charge is 0.0781 e. The molecule has 0 fully saturated rings. The van der Waals surface area contributed by atoms with Crippen LogP contribution in [0.3, 0.4) is 0 Å². The molecule has 116 valence electrons. The molecule has 3 unspecified atom stereocenters. The Labute approximate surface area is 131 Å². The number of allylic oxidation sites excluding steroid dienone is 2. The molecule has 0 nitrogen and oxygen atoms in total. The molecule has 1 aromatic rings. The molecule has 1 aliphatic carbocycles. The van der Waals surface area contributed by atoms with Crippen LogP contribution in [-0.2, 0) is 0 Å². The highest BCUT2D eigenvalue weighted by Crippen LogP contribution is 2.33. The summed E-state index contributed by atoms with van der Waals surface area (Å²) >= 11 is 0. The van der Waals surface area contributed by atoms with E-state index in [1.54, 1.807) is 5.57 Å². The third kappa shape index (κ3) is 4.46. The second-order valence-electron chi connectivity index (χ2n) is 7.09. The van der Waals surface area contributed by atoms with Crippen molar-refractivity contribution in [3.05, 3.63) is 47.0 Å². The van der Waals surface area contributed by atoms with Gasteiger partial charge >= 0.3 is 0 Å². The normalized spacial score (nSPS) is 21.7. The van der Waals surface area contributed by atoms with Crippen molar-refractivity contribution in [3.63, 3.8) is 0 Å². The molecule has 0 heteroatoms. The summed E-state index contributed by atoms with van der Waals surface area (Å²) in [6.45, 7) is 9.35. The summed E-state index contributed by atoms with van der Waals surface area (Å²) < 4.78 is 0. The maximum Gasteiger partial charge on any atom is 0.00206 e. The molecule has 0 N–H and O–H groups in total. The summed E-state index contributed by atoms with van der Waals surface area (Å²) in [5, 5.41) is 0. The van der Waals surface area contributed by atoms with E-state index in [-0.39, 0.29) is 0 Å². The minimum Gasteiger partial charge on any atom is -0.0781 e. The van der Waals surface area contributed by atoms with E-state index in [9.17, 15) is 0 Å². The van der Waals surface area contributed by atoms with Gasteiger partial charge in [0.05, 0.1) is 0 Å². The van der Waals surface area contributed by atoms with E-state index >= 15 is 0 Å². The summed E-state index contributed by atoms with van der Waals surface area (Å²) in [6, 6.07) is 9.50. The van der Waals surface area contributed by atoms with Gasteiger partial charge in [-0.2, -0.15) is 0 Å². The lowest BCUT2D eigenvalue weighted by Crippen LogP contribution is -2.07. The van der Waals surface area contributed by atoms with Gasteiger partial charge < -0.3 is 0 Å². The van der Waals surface area contributed by atoms with Gasteiger partial charge in [-0.05, 0) is 49.1 Å². The average Bonchev–Trinajstić information content (AvgIpc) is 2.52. The lowest BCUT2D eigenvalue weighted by atomic mass is 9.83. The van der Waals surface area contributed by atoms with Crippen LogP contribution < -0.4 is 0 Å². The molecule has 0 aromatic heterocycles. The van der Waals surface area contributed by atoms with Crippen LogP contribution in [-0.4, -0.2) is 0 Å². The summed E-state index contributed by atoms with van der Waals surface area (Å²) in [5.74, 6) is 2.11. The predicted molar refractivity (Wildman–Crippen MR) is 93.9 cm³/mol. The molecule has 2 rings (SSSR count). The monoisotopic (exact) mass is 284 g/mol. The fourth-order valence-corrected chi connectivity index (χ4v) is 3.53. The molecule has 0 heterocycles. The zero-order valence-electron chi connectivity index (χ0n) is 14.4. The standard InChI is InChI=1S/C21H32/c1-5-6-9-17(3)18(4)19-11-13-20(14-12-19)21-10-7-8-16(2)15-21/h11-15,17-18,21H,5-10H2,1-4H3. The Kier molecular flexibility index (Phi) is 6.08. The molecule has 0 bridgehead atoms. The topological polar surface area (TPSA) is 0 Å². The molecule has 1 aliphatic rings. The van der Waals surface area contributed by atoms with Crippen LogP contribution >= 0.6 is 0 Å². The second kappa shape index (κ2) is 7.82. The van der Waals surface area contributed by atoms with Gasteiger partial charge in [0.15, 0.2) is 0 Å². The fourth-order valence-electron chi connectivity index (χ4n) is 3.53. The third-order valence-electron chi connectivity index (χ3n) is 5.33. The van der Waals surface area contributed by atoms with E-state index in [2.05, 4.69) is 58.0 Å². The Morgan fingerprint density at radius 2 is 1.86 bits per heavy atom. The van der Waals surface area contributed by atoms with Gasteiger partial charge in [-0.1, -0.05) is 75.9 Å². The van der Waals surface area contributed by atoms with Crippen molar-refractivity contribution in [1.29, 1.82) is 0 Å². The van der Waals surface area contributed by atoms with Gasteiger partial charge in [0, 0.05) is 5.92 Å². The van der Waals surface area contributed by atoms with E-state index in [1.807, 2.05) is 0 Å². The molecule has 0 spiro atoms. The number of rotatable bonds is 6. The van der Waals surface area contributed by atoms with E-state index in [0.29, 0.717) is 11.8 Å². The van der Waals surface area contributed by atoms with Gasteiger partial charge in [-0.3, -0.25) is 0 Å². The third-order valence-corrected chi connectivity index (χ3v) is 5.33. The Morgan fingerprint density at radius 1 is 1.14 bits per heavy atom. The van der Waals surface area contributed by atoms with E-state index in [0.717, 1.165) is 5.92 Å². The van der Waals surface area contributed by atoms with E-state index in [1.165, 1.54) is 49.7 Å². The molecular formula is C21H32. The maximum atomic E-state index is 2.48. The Balaban J connectivity index is 2.03. The highest BCUT2D eigenvalue weighted by molar-refractivity contribution is 5.31. The van der Waals surface area contributed by atoms with Crippen molar-refractivity contribution in [2.24, 2.45) is 5.92 Å². The summed E-state index contributed by atoms with van der Waals surface area (Å²) in [5.41, 5.74) is 4.59. The van der Waals surface area contributed by atoms with Crippen molar-refractivity contribution < 1.29 is 0 Å². The van der Waals surface area contributed by atoms with E-state index < -0.39 is 0 Å². The van der Waals surface area contributed by atoms with Gasteiger partial charge in [0.2, 0.25) is 0 Å². The minimum atomic E-state index is 0.653. The Morgan fingerprint density at radius 3 is 2.48 bits per heavy atom. The fraction of sp³-hybridized carbons (Fsp3) is 0.619. The molecule has 0 saturated heterocycles. The number of unbranched alkanes of at least 4 members (excludes halogenated alkanes) is 1. The number of benzene rings is 1. The van der Waals surface area contributed by atoms with Crippen molar-refractivity contribution in [2.75, 3.05) is 0 Å². The van der Waals surface area contributed by atoms with Crippen LogP contribution in [0.15, 0.2) is 35.9 Å². The molecule has 21 heavy (non-hydrogen) atoms. The highest BCUT2D eigenvalue weighted by atomic mass is 14.2. The average molecular weight is 284 g/mol. The SMILES string of the molecule is CCCCC(C)C(C)c1ccc(C2C=C(C)CCC2)cc1. The van der Waals surface area contributed by atoms with Crippen molar-refractivity contribution >= 4 is 0 Å². The summed E-state index contributed by atoms with van der Waals surface area (Å²) in [6.07, 6.45) is 10.5. The Hall–Kier alpha value is -1.04. The van der Waals surface area contributed by atoms with Crippen molar-refractivity contribution in [3.8, 4) is 0 Å². The predicted octanol–water partition coefficient (Wildman–Crippen LogP) is 6.83. The van der Waals surface area contributed by atoms with Crippen molar-refractivity contribution in [2.45, 2.75) is 78.1 Å². The summed E-state index contributed by atoms with van der Waals surface area (Å²) in [4.78, 5) is 0. The van der Waals surface area contributed by atoms with Gasteiger partial charge in [0.1, 0.15) is 0 Å². The van der Waals surface area contributed by atoms with Crippen LogP contribution in [0, 0.1) is 5.92 Å². The smallest absolute Gasteiger partial charge is 0.00206 e. The molecule has 0 radical (unpaired) electrons. The molecule has 0 amide bonds. The molecular weight excluding hydrogens is 252 g/mol. The van der Waals surface area contributed by atoms with Gasteiger partial charge in [-0.25, -0.2) is 0 Å². The number of hydrogen-bond acceptors (Lipinski definition) is 0. The number of hydrogen-bond donors (Lipinski definition) is 0. The molecule has 0 saturated carbocycles.